The molecule has 0 spiro atoms. The number of nitrogens with zero attached hydrogens (tertiary/aromatic N) is 1. The van der Waals surface area contributed by atoms with Crippen molar-refractivity contribution in [1.29, 1.82) is 0 Å². The minimum absolute atomic E-state index is 0.0295. The Hall–Kier alpha value is -2.30. The molecule has 0 saturated carbocycles. The van der Waals surface area contributed by atoms with E-state index in [-0.39, 0.29) is 13.0 Å². The molecule has 2 rings (SSSR count). The second kappa shape index (κ2) is 13.0. The Morgan fingerprint density at radius 3 is 2.56 bits per heavy atom. The van der Waals surface area contributed by atoms with Gasteiger partial charge in [-0.3, -0.25) is 18.7 Å². The molecule has 12 heteroatoms. The maximum atomic E-state index is 13.3. The van der Waals surface area contributed by atoms with Crippen LogP contribution < -0.4 is 16.8 Å². The molecule has 1 fully saturated rings. The van der Waals surface area contributed by atoms with Crippen molar-refractivity contribution in [2.45, 2.75) is 69.4 Å². The predicted molar refractivity (Wildman–Crippen MR) is 126 cm³/mol. The predicted octanol–water partition coefficient (Wildman–Crippen LogP) is 0.794. The van der Waals surface area contributed by atoms with Crippen LogP contribution in [0.15, 0.2) is 30.3 Å². The first-order valence-electron chi connectivity index (χ1n) is 11.4. The Morgan fingerprint density at radius 1 is 1.26 bits per heavy atom. The maximum Gasteiger partial charge on any atom is 0.351 e. The van der Waals surface area contributed by atoms with Gasteiger partial charge in [-0.15, -0.1) is 0 Å². The van der Waals surface area contributed by atoms with Gasteiger partial charge in [-0.1, -0.05) is 36.8 Å². The summed E-state index contributed by atoms with van der Waals surface area (Å²) in [5.41, 5.74) is 12.1. The first-order chi connectivity index (χ1) is 16.1. The van der Waals surface area contributed by atoms with Crippen molar-refractivity contribution in [3.05, 3.63) is 35.9 Å². The van der Waals surface area contributed by atoms with Gasteiger partial charge in [0, 0.05) is 13.0 Å². The number of carboxylic acid groups (broad SMARTS) is 1. The van der Waals surface area contributed by atoms with Crippen LogP contribution in [-0.2, 0) is 29.9 Å². The van der Waals surface area contributed by atoms with Crippen LogP contribution in [0.25, 0.3) is 0 Å². The highest BCUT2D eigenvalue weighted by molar-refractivity contribution is 7.53. The lowest BCUT2D eigenvalue weighted by atomic mass is 10.1. The zero-order chi connectivity index (χ0) is 25.3. The number of carbonyl (C=O) groups is 3. The van der Waals surface area contributed by atoms with Crippen LogP contribution in [0.3, 0.4) is 0 Å². The molecule has 0 aromatic heterocycles. The summed E-state index contributed by atoms with van der Waals surface area (Å²) in [5, 5.41) is 11.8. The van der Waals surface area contributed by atoms with E-state index in [2.05, 4.69) is 5.32 Å². The summed E-state index contributed by atoms with van der Waals surface area (Å²) in [6.45, 7) is 1.99. The van der Waals surface area contributed by atoms with Crippen LogP contribution >= 0.6 is 7.60 Å². The van der Waals surface area contributed by atoms with Crippen molar-refractivity contribution in [3.63, 3.8) is 0 Å². The van der Waals surface area contributed by atoms with E-state index in [1.165, 1.54) is 6.92 Å². The van der Waals surface area contributed by atoms with Crippen LogP contribution in [0.5, 0.6) is 0 Å². The number of nitrogens with two attached hydrogens (primary N) is 2. The molecule has 1 aromatic carbocycles. The molecular weight excluding hydrogens is 463 g/mol. The average molecular weight is 499 g/mol. The van der Waals surface area contributed by atoms with Gasteiger partial charge in [-0.25, -0.2) is 4.79 Å². The number of carbonyl (C=O) groups excluding carboxylic acids is 2. The lowest BCUT2D eigenvalue weighted by Gasteiger charge is -2.29. The summed E-state index contributed by atoms with van der Waals surface area (Å²) in [6.07, 6.45) is 1.10. The van der Waals surface area contributed by atoms with Gasteiger partial charge in [0.15, 0.2) is 0 Å². The summed E-state index contributed by atoms with van der Waals surface area (Å²) in [4.78, 5) is 48.8. The van der Waals surface area contributed by atoms with Gasteiger partial charge in [0.25, 0.3) is 5.91 Å². The SMILES string of the molecule is C[C@H](OP(=O)(O)C(Cc1ccccc1)NC(=O)[C@@H](N)CCCCN)C(=O)N1CCC[C@H]1C(=O)O. The lowest BCUT2D eigenvalue weighted by Crippen LogP contribution is -2.48. The third-order valence-corrected chi connectivity index (χ3v) is 7.48. The maximum absolute atomic E-state index is 13.3. The molecule has 11 nitrogen and oxygen atoms in total. The van der Waals surface area contributed by atoms with Crippen molar-refractivity contribution in [2.24, 2.45) is 11.5 Å². The Labute approximate surface area is 199 Å². The van der Waals surface area contributed by atoms with Crippen LogP contribution in [-0.4, -0.2) is 69.7 Å². The largest absolute Gasteiger partial charge is 0.480 e. The van der Waals surface area contributed by atoms with Gasteiger partial charge < -0.3 is 31.7 Å². The molecule has 0 bridgehead atoms. The van der Waals surface area contributed by atoms with Gasteiger partial charge in [-0.05, 0) is 44.7 Å². The van der Waals surface area contributed by atoms with Gasteiger partial charge in [0.2, 0.25) is 5.91 Å². The van der Waals surface area contributed by atoms with Crippen LogP contribution in [0, 0.1) is 0 Å². The first-order valence-corrected chi connectivity index (χ1v) is 13.1. The van der Waals surface area contributed by atoms with Crippen molar-refractivity contribution < 1.29 is 33.5 Å². The number of nitrogens with one attached hydrogen (secondary N) is 1. The van der Waals surface area contributed by atoms with E-state index in [0.717, 1.165) is 4.90 Å². The standard InChI is InChI=1S/C22H35N4O7P/c1-15(21(28)26-13-7-11-18(26)22(29)30)33-34(31,32)19(14-16-8-3-2-4-9-16)25-20(27)17(24)10-5-6-12-23/h2-4,8-9,15,17-19H,5-7,10-14,23-24H2,1H3,(H,25,27)(H,29,30)(H,31,32)/t15-,17-,18-,19?/m0/s1. The van der Waals surface area contributed by atoms with Gasteiger partial charge in [-0.2, -0.15) is 0 Å². The quantitative estimate of drug-likeness (QED) is 0.194. The Kier molecular flexibility index (Phi) is 10.7. The van der Waals surface area contributed by atoms with Crippen LogP contribution in [0.2, 0.25) is 0 Å². The van der Waals surface area contributed by atoms with Crippen LogP contribution in [0.1, 0.15) is 44.6 Å². The number of carboxylic acids is 1. The number of hydrogen-bond acceptors (Lipinski definition) is 7. The molecule has 0 aliphatic carbocycles. The van der Waals surface area contributed by atoms with Crippen molar-refractivity contribution >= 4 is 25.4 Å². The van der Waals surface area contributed by atoms with Gasteiger partial charge in [0.1, 0.15) is 17.9 Å². The Balaban J connectivity index is 2.15. The summed E-state index contributed by atoms with van der Waals surface area (Å²) >= 11 is 0. The molecule has 1 heterocycles. The fourth-order valence-corrected chi connectivity index (χ4v) is 5.28. The molecule has 1 aromatic rings. The Bertz CT molecular complexity index is 885. The molecule has 1 aliphatic heterocycles. The number of benzene rings is 1. The third-order valence-electron chi connectivity index (χ3n) is 5.76. The number of hydrogen-bond donors (Lipinski definition) is 5. The average Bonchev–Trinajstić information content (AvgIpc) is 3.29. The number of rotatable bonds is 13. The highest BCUT2D eigenvalue weighted by Crippen LogP contribution is 2.49. The number of aliphatic carboxylic acids is 1. The van der Waals surface area contributed by atoms with Gasteiger partial charge >= 0.3 is 13.6 Å². The highest BCUT2D eigenvalue weighted by Gasteiger charge is 2.41. The summed E-state index contributed by atoms with van der Waals surface area (Å²) in [5.74, 6) is -3.79. The smallest absolute Gasteiger partial charge is 0.351 e. The molecular formula is C22H35N4O7P. The normalized spacial score (nSPS) is 20.2. The molecule has 2 unspecified atom stereocenters. The highest BCUT2D eigenvalue weighted by atomic mass is 31.2. The fraction of sp³-hybridized carbons (Fsp3) is 0.591. The second-order valence-electron chi connectivity index (χ2n) is 8.44. The van der Waals surface area contributed by atoms with Crippen LogP contribution in [0.4, 0.5) is 0 Å². The van der Waals surface area contributed by atoms with Gasteiger partial charge in [0.05, 0.1) is 6.04 Å². The van der Waals surface area contributed by atoms with Crippen molar-refractivity contribution in [3.8, 4) is 0 Å². The first kappa shape index (κ1) is 27.9. The lowest BCUT2D eigenvalue weighted by molar-refractivity contribution is -0.151. The van der Waals surface area contributed by atoms with Crippen molar-refractivity contribution in [1.82, 2.24) is 10.2 Å². The van der Waals surface area contributed by atoms with E-state index in [1.54, 1.807) is 30.3 Å². The minimum Gasteiger partial charge on any atom is -0.480 e. The van der Waals surface area contributed by atoms with E-state index in [9.17, 15) is 28.9 Å². The van der Waals surface area contributed by atoms with E-state index in [4.69, 9.17) is 16.0 Å². The molecule has 0 radical (unpaired) electrons. The molecule has 2 amide bonds. The molecule has 7 N–H and O–H groups in total. The molecule has 190 valence electrons. The van der Waals surface area contributed by atoms with E-state index >= 15 is 0 Å². The molecule has 1 saturated heterocycles. The summed E-state index contributed by atoms with van der Waals surface area (Å²) in [7, 11) is -4.59. The second-order valence-corrected chi connectivity index (χ2v) is 10.4. The number of amides is 2. The summed E-state index contributed by atoms with van der Waals surface area (Å²) < 4.78 is 18.6. The van der Waals surface area contributed by atoms with E-state index in [1.807, 2.05) is 0 Å². The Morgan fingerprint density at radius 2 is 1.94 bits per heavy atom. The monoisotopic (exact) mass is 498 g/mol. The fourth-order valence-electron chi connectivity index (χ4n) is 3.86. The van der Waals surface area contributed by atoms with Crippen molar-refractivity contribution in [2.75, 3.05) is 13.1 Å². The van der Waals surface area contributed by atoms with E-state index in [0.29, 0.717) is 44.2 Å². The molecule has 34 heavy (non-hydrogen) atoms. The van der Waals surface area contributed by atoms with E-state index < -0.39 is 49.4 Å². The molecule has 1 aliphatic rings. The zero-order valence-electron chi connectivity index (χ0n) is 19.3. The topological polar surface area (TPSA) is 185 Å². The third kappa shape index (κ3) is 7.89. The number of unbranched alkanes of at least 4 members (excludes halogenated alkanes) is 1. The zero-order valence-corrected chi connectivity index (χ0v) is 20.2. The summed E-state index contributed by atoms with van der Waals surface area (Å²) in [6, 6.07) is 6.86. The molecule has 5 atom stereocenters. The number of likely N-dealkylation sites (tertiary alicyclic amines) is 1. The minimum atomic E-state index is -4.59.